The van der Waals surface area contributed by atoms with E-state index in [4.69, 9.17) is 10.5 Å². The molecule has 88 valence electrons. The van der Waals surface area contributed by atoms with Crippen molar-refractivity contribution in [3.63, 3.8) is 0 Å². The first-order valence-corrected chi connectivity index (χ1v) is 5.95. The van der Waals surface area contributed by atoms with Crippen LogP contribution in [0.1, 0.15) is 31.4 Å². The summed E-state index contributed by atoms with van der Waals surface area (Å²) < 4.78 is 5.91. The maximum atomic E-state index is 5.91. The highest BCUT2D eigenvalue weighted by Crippen LogP contribution is 2.27. The molecule has 0 saturated heterocycles. The summed E-state index contributed by atoms with van der Waals surface area (Å²) >= 11 is 0. The average Bonchev–Trinajstić information content (AvgIpc) is 2.30. The van der Waals surface area contributed by atoms with Gasteiger partial charge in [0.25, 0.3) is 0 Å². The number of nitrogens with two attached hydrogens (primary N) is 1. The van der Waals surface area contributed by atoms with Gasteiger partial charge in [0.1, 0.15) is 12.4 Å². The van der Waals surface area contributed by atoms with Gasteiger partial charge in [-0.05, 0) is 32.7 Å². The third-order valence-electron chi connectivity index (χ3n) is 3.19. The monoisotopic (exact) mass is 221 g/mol. The summed E-state index contributed by atoms with van der Waals surface area (Å²) in [6, 6.07) is 1.88. The SMILES string of the molecule is Cc1cc(OC2CCCCC2CN)ncn1. The molecule has 1 saturated carbocycles. The first-order valence-electron chi connectivity index (χ1n) is 5.95. The fourth-order valence-electron chi connectivity index (χ4n) is 2.25. The molecule has 0 spiro atoms. The minimum Gasteiger partial charge on any atom is -0.474 e. The highest BCUT2D eigenvalue weighted by molar-refractivity contribution is 5.12. The highest BCUT2D eigenvalue weighted by Gasteiger charge is 2.25. The first-order chi connectivity index (χ1) is 7.79. The lowest BCUT2D eigenvalue weighted by Gasteiger charge is -2.30. The van der Waals surface area contributed by atoms with Gasteiger partial charge in [-0.3, -0.25) is 0 Å². The Hall–Kier alpha value is -1.16. The molecule has 2 unspecified atom stereocenters. The van der Waals surface area contributed by atoms with Gasteiger partial charge in [0.15, 0.2) is 0 Å². The van der Waals surface area contributed by atoms with Crippen LogP contribution in [0.5, 0.6) is 5.88 Å². The van der Waals surface area contributed by atoms with Crippen molar-refractivity contribution < 1.29 is 4.74 Å². The normalized spacial score (nSPS) is 25.4. The number of hydrogen-bond acceptors (Lipinski definition) is 4. The number of rotatable bonds is 3. The molecular weight excluding hydrogens is 202 g/mol. The fourth-order valence-corrected chi connectivity index (χ4v) is 2.25. The summed E-state index contributed by atoms with van der Waals surface area (Å²) in [5, 5.41) is 0. The second-order valence-electron chi connectivity index (χ2n) is 4.43. The number of ether oxygens (including phenoxy) is 1. The highest BCUT2D eigenvalue weighted by atomic mass is 16.5. The maximum Gasteiger partial charge on any atom is 0.216 e. The van der Waals surface area contributed by atoms with Crippen LogP contribution in [0.2, 0.25) is 0 Å². The molecule has 2 rings (SSSR count). The summed E-state index contributed by atoms with van der Waals surface area (Å²) in [7, 11) is 0. The van der Waals surface area contributed by atoms with Crippen molar-refractivity contribution >= 4 is 0 Å². The lowest BCUT2D eigenvalue weighted by atomic mass is 9.86. The third-order valence-corrected chi connectivity index (χ3v) is 3.19. The minimum absolute atomic E-state index is 0.230. The lowest BCUT2D eigenvalue weighted by Crippen LogP contribution is -2.35. The third kappa shape index (κ3) is 2.70. The van der Waals surface area contributed by atoms with E-state index in [0.29, 0.717) is 18.3 Å². The van der Waals surface area contributed by atoms with Gasteiger partial charge in [0, 0.05) is 17.7 Å². The van der Waals surface area contributed by atoms with Crippen LogP contribution in [0.25, 0.3) is 0 Å². The molecule has 1 fully saturated rings. The molecule has 1 aliphatic carbocycles. The van der Waals surface area contributed by atoms with Crippen molar-refractivity contribution in [2.75, 3.05) is 6.54 Å². The second kappa shape index (κ2) is 5.25. The van der Waals surface area contributed by atoms with Crippen molar-refractivity contribution in [1.82, 2.24) is 9.97 Å². The van der Waals surface area contributed by atoms with Crippen molar-refractivity contribution in [1.29, 1.82) is 0 Å². The lowest BCUT2D eigenvalue weighted by molar-refractivity contribution is 0.0920. The molecule has 16 heavy (non-hydrogen) atoms. The zero-order valence-electron chi connectivity index (χ0n) is 9.72. The van der Waals surface area contributed by atoms with Crippen LogP contribution < -0.4 is 10.5 Å². The second-order valence-corrected chi connectivity index (χ2v) is 4.43. The summed E-state index contributed by atoms with van der Waals surface area (Å²) in [5.41, 5.74) is 6.70. The fraction of sp³-hybridized carbons (Fsp3) is 0.667. The van der Waals surface area contributed by atoms with Gasteiger partial charge in [0.2, 0.25) is 5.88 Å². The Morgan fingerprint density at radius 1 is 1.38 bits per heavy atom. The van der Waals surface area contributed by atoms with Gasteiger partial charge in [-0.15, -0.1) is 0 Å². The molecule has 0 amide bonds. The predicted octanol–water partition coefficient (Wildman–Crippen LogP) is 1.68. The first kappa shape index (κ1) is 11.3. The van der Waals surface area contributed by atoms with Crippen molar-refractivity contribution in [2.45, 2.75) is 38.7 Å². The molecule has 0 aromatic carbocycles. The van der Waals surface area contributed by atoms with E-state index in [9.17, 15) is 0 Å². The molecule has 2 atom stereocenters. The molecule has 1 aliphatic rings. The van der Waals surface area contributed by atoms with Crippen LogP contribution in [0.4, 0.5) is 0 Å². The largest absolute Gasteiger partial charge is 0.474 e. The van der Waals surface area contributed by atoms with E-state index < -0.39 is 0 Å². The summed E-state index contributed by atoms with van der Waals surface area (Å²) in [4.78, 5) is 8.18. The van der Waals surface area contributed by atoms with Crippen LogP contribution in [-0.2, 0) is 0 Å². The van der Waals surface area contributed by atoms with Gasteiger partial charge in [0.05, 0.1) is 0 Å². The van der Waals surface area contributed by atoms with Crippen LogP contribution in [0.3, 0.4) is 0 Å². The molecule has 0 bridgehead atoms. The van der Waals surface area contributed by atoms with E-state index in [0.717, 1.165) is 12.1 Å². The van der Waals surface area contributed by atoms with Gasteiger partial charge in [-0.1, -0.05) is 6.42 Å². The Morgan fingerprint density at radius 2 is 2.19 bits per heavy atom. The van der Waals surface area contributed by atoms with E-state index in [-0.39, 0.29) is 6.10 Å². The zero-order valence-corrected chi connectivity index (χ0v) is 9.72. The Balaban J connectivity index is 2.02. The zero-order chi connectivity index (χ0) is 11.4. The maximum absolute atomic E-state index is 5.91. The molecule has 4 nitrogen and oxygen atoms in total. The number of nitrogens with zero attached hydrogens (tertiary/aromatic N) is 2. The molecule has 1 heterocycles. The van der Waals surface area contributed by atoms with Crippen LogP contribution in [0.15, 0.2) is 12.4 Å². The molecule has 0 radical (unpaired) electrons. The standard InChI is InChI=1S/C12H19N3O/c1-9-6-12(15-8-14-9)16-11-5-3-2-4-10(11)7-13/h6,8,10-11H,2-5,7,13H2,1H3. The molecule has 4 heteroatoms. The molecule has 2 N–H and O–H groups in total. The molecule has 1 aromatic heterocycles. The van der Waals surface area contributed by atoms with E-state index >= 15 is 0 Å². The van der Waals surface area contributed by atoms with Crippen molar-refractivity contribution in [2.24, 2.45) is 11.7 Å². The van der Waals surface area contributed by atoms with Gasteiger partial charge in [-0.25, -0.2) is 9.97 Å². The smallest absolute Gasteiger partial charge is 0.216 e. The minimum atomic E-state index is 0.230. The summed E-state index contributed by atoms with van der Waals surface area (Å²) in [6.07, 6.45) is 6.53. The van der Waals surface area contributed by atoms with E-state index in [1.807, 2.05) is 13.0 Å². The predicted molar refractivity (Wildman–Crippen MR) is 62.2 cm³/mol. The topological polar surface area (TPSA) is 61.0 Å². The van der Waals surface area contributed by atoms with Gasteiger partial charge >= 0.3 is 0 Å². The van der Waals surface area contributed by atoms with Crippen molar-refractivity contribution in [3.8, 4) is 5.88 Å². The number of aromatic nitrogens is 2. The van der Waals surface area contributed by atoms with E-state index in [1.54, 1.807) is 6.33 Å². The summed E-state index contributed by atoms with van der Waals surface area (Å²) in [6.45, 7) is 2.64. The Morgan fingerprint density at radius 3 is 2.94 bits per heavy atom. The Labute approximate surface area is 96.2 Å². The quantitative estimate of drug-likeness (QED) is 0.843. The van der Waals surface area contributed by atoms with Gasteiger partial charge in [-0.2, -0.15) is 0 Å². The van der Waals surface area contributed by atoms with E-state index in [1.165, 1.54) is 19.3 Å². The van der Waals surface area contributed by atoms with Crippen LogP contribution in [0, 0.1) is 12.8 Å². The summed E-state index contributed by atoms with van der Waals surface area (Å²) in [5.74, 6) is 1.15. The van der Waals surface area contributed by atoms with Crippen molar-refractivity contribution in [3.05, 3.63) is 18.1 Å². The van der Waals surface area contributed by atoms with Crippen LogP contribution >= 0.6 is 0 Å². The van der Waals surface area contributed by atoms with Gasteiger partial charge < -0.3 is 10.5 Å². The molecule has 0 aliphatic heterocycles. The average molecular weight is 221 g/mol. The number of hydrogen-bond donors (Lipinski definition) is 1. The van der Waals surface area contributed by atoms with E-state index in [2.05, 4.69) is 9.97 Å². The number of aryl methyl sites for hydroxylation is 1. The van der Waals surface area contributed by atoms with Crippen LogP contribution in [-0.4, -0.2) is 22.6 Å². The Bertz CT molecular complexity index is 343. The Kier molecular flexibility index (Phi) is 3.72. The molecule has 1 aromatic rings. The molecular formula is C12H19N3O.